The molecule has 0 unspecified atom stereocenters. The van der Waals surface area contributed by atoms with Gasteiger partial charge in [-0.25, -0.2) is 0 Å². The minimum Gasteiger partial charge on any atom is -0.494 e. The van der Waals surface area contributed by atoms with Crippen molar-refractivity contribution in [3.05, 3.63) is 131 Å². The van der Waals surface area contributed by atoms with Crippen LogP contribution in [0, 0.1) is 32.7 Å². The Morgan fingerprint density at radius 2 is 1.07 bits per heavy atom. The molecule has 9 rings (SSSR count). The molecule has 0 spiro atoms. The molecule has 3 fully saturated rings. The fourth-order valence-electron chi connectivity index (χ4n) is 12.6. The summed E-state index contributed by atoms with van der Waals surface area (Å²) in [7, 11) is 0. The molecule has 1 N–H and O–H groups in total. The van der Waals surface area contributed by atoms with Gasteiger partial charge in [0.1, 0.15) is 28.6 Å². The minimum atomic E-state index is -0.722. The first-order chi connectivity index (χ1) is 46.0. The molecule has 6 aromatic carbocycles. The number of ether oxygens (including phenoxy) is 10. The van der Waals surface area contributed by atoms with E-state index in [0.717, 1.165) is 194 Å². The number of nitrogens with zero attached hydrogens (tertiary/aromatic N) is 1. The summed E-state index contributed by atoms with van der Waals surface area (Å²) in [5.41, 5.74) is 2.63. The Morgan fingerprint density at radius 1 is 0.553 bits per heavy atom. The van der Waals surface area contributed by atoms with Crippen molar-refractivity contribution < 1.29 is 78.2 Å². The van der Waals surface area contributed by atoms with Crippen LogP contribution in [-0.2, 0) is 28.5 Å². The van der Waals surface area contributed by atoms with Crippen LogP contribution in [0.4, 0.5) is 11.4 Å². The number of hydrogen-bond acceptors (Lipinski definition) is 14. The van der Waals surface area contributed by atoms with E-state index >= 15 is 0 Å². The number of rotatable bonds is 42. The van der Waals surface area contributed by atoms with Crippen molar-refractivity contribution in [1.82, 2.24) is 0 Å². The quantitative estimate of drug-likeness (QED) is 0.00566. The van der Waals surface area contributed by atoms with Gasteiger partial charge < -0.3 is 42.8 Å². The Morgan fingerprint density at radius 3 is 1.64 bits per heavy atom. The van der Waals surface area contributed by atoms with E-state index in [9.17, 15) is 9.59 Å². The summed E-state index contributed by atoms with van der Waals surface area (Å²) in [5, 5.41) is 12.2. The molecule has 0 radical (unpaired) electrons. The summed E-state index contributed by atoms with van der Waals surface area (Å²) < 4.78 is 62.1. The molecule has 2 saturated carbocycles. The fourth-order valence-corrected chi connectivity index (χ4v) is 15.0. The standard InChI is InChI=1S/C79H104IN2O12/c1-6-9-10-15-45-87-66-32-28-64(29-33-66)80-76(83)61-24-20-59(21-25-61)54-91-70-40-42-72-63(51-70)52-75(82(44-50-85-8-3)65-30-34-67(35-31-65)88-46-16-11-12-18-48-90-77(81)58(4)5)74-53-71(41-43-73(72)74)92-55-60-22-26-62(27-23-60)78(84)94-69-38-36-68(37-39-69)89-47-17-13-14-19-49-93-79(7-2)56-86-57-79/h28-43,51-53,59-62,81H,4,6-27,44-50,54-57H2,1-3,5H3/q-1. The zero-order valence-electron chi connectivity index (χ0n) is 56.5. The van der Waals surface area contributed by atoms with Gasteiger partial charge in [-0.3, -0.25) is 10.2 Å². The number of carbonyl (C=O) groups is 2. The summed E-state index contributed by atoms with van der Waals surface area (Å²) in [6, 6.07) is 39.2. The molecule has 0 bridgehead atoms. The molecule has 0 aromatic heterocycles. The van der Waals surface area contributed by atoms with Crippen LogP contribution in [0.3, 0.4) is 0 Å². The van der Waals surface area contributed by atoms with Crippen LogP contribution in [0.1, 0.15) is 163 Å². The Bertz CT molecular complexity index is 3280. The topological polar surface area (TPSA) is 154 Å². The van der Waals surface area contributed by atoms with Gasteiger partial charge in [0.15, 0.2) is 0 Å². The number of esters is 1. The molecule has 510 valence electrons. The molecule has 1 aliphatic heterocycles. The number of fused-ring (bicyclic) bond motifs is 3. The van der Waals surface area contributed by atoms with E-state index in [2.05, 4.69) is 104 Å². The second-order valence-corrected chi connectivity index (χ2v) is 28.7. The summed E-state index contributed by atoms with van der Waals surface area (Å²) in [4.78, 5) is 29.4. The maximum atomic E-state index is 13.6. The van der Waals surface area contributed by atoms with E-state index in [1.54, 1.807) is 6.92 Å². The Balaban J connectivity index is 0.804. The van der Waals surface area contributed by atoms with Gasteiger partial charge in [-0.2, -0.15) is 0 Å². The molecule has 94 heavy (non-hydrogen) atoms. The molecule has 0 amide bonds. The Hall–Kier alpha value is -6.40. The predicted molar refractivity (Wildman–Crippen MR) is 371 cm³/mol. The van der Waals surface area contributed by atoms with E-state index in [4.69, 9.17) is 52.8 Å². The molecule has 2 aliphatic carbocycles. The van der Waals surface area contributed by atoms with Crippen molar-refractivity contribution in [3.8, 4) is 34.5 Å². The van der Waals surface area contributed by atoms with Gasteiger partial charge in [0.05, 0.1) is 52.2 Å². The van der Waals surface area contributed by atoms with Crippen molar-refractivity contribution in [1.29, 1.82) is 5.41 Å². The van der Waals surface area contributed by atoms with Gasteiger partial charge in [0, 0.05) is 36.4 Å². The van der Waals surface area contributed by atoms with E-state index in [1.165, 1.54) is 19.3 Å². The van der Waals surface area contributed by atoms with Crippen molar-refractivity contribution in [2.24, 2.45) is 23.7 Å². The predicted octanol–water partition coefficient (Wildman–Crippen LogP) is 15.2. The van der Waals surface area contributed by atoms with Gasteiger partial charge in [-0.1, -0.05) is 19.9 Å². The maximum absolute atomic E-state index is 13.6. The summed E-state index contributed by atoms with van der Waals surface area (Å²) in [6.45, 7) is 19.6. The zero-order valence-corrected chi connectivity index (χ0v) is 58.7. The SMILES string of the molecule is C=C(C)C(=N)OCCCCCCOc1ccc(N(CCOCC)c2cc3cc(OCC4CCC(C(=O)[I-]c5ccc(OCCCCCC)cc5)CC4)ccc3c3ccc(OCC4CCC(C(=O)Oc5ccc(OCCCCCCOC6(CC)COC6)cc5)CC4)cc23)cc1. The van der Waals surface area contributed by atoms with Crippen LogP contribution in [-0.4, -0.2) is 100 Å². The average Bonchev–Trinajstić information content (AvgIpc) is 0.760. The number of hydrogen-bond donors (Lipinski definition) is 1. The van der Waals surface area contributed by atoms with Gasteiger partial charge in [0.25, 0.3) is 0 Å². The number of nitrogens with one attached hydrogen (secondary N) is 1. The Labute approximate surface area is 570 Å². The molecular formula is C79H104IN2O12-. The second-order valence-electron chi connectivity index (χ2n) is 25.9. The van der Waals surface area contributed by atoms with E-state index in [-0.39, 0.29) is 29.3 Å². The minimum absolute atomic E-state index is 0.0507. The zero-order chi connectivity index (χ0) is 65.7. The number of carbonyl (C=O) groups excluding carboxylic acids is 2. The molecule has 15 heteroatoms. The number of halogens is 1. The normalized spacial score (nSPS) is 17.7. The number of anilines is 2. The van der Waals surface area contributed by atoms with Crippen LogP contribution in [0.2, 0.25) is 0 Å². The van der Waals surface area contributed by atoms with Gasteiger partial charge in [-0.05, 0) is 164 Å². The summed E-state index contributed by atoms with van der Waals surface area (Å²) in [6.07, 6.45) is 20.8. The van der Waals surface area contributed by atoms with E-state index in [1.807, 2.05) is 43.3 Å². The molecule has 3 aliphatic rings. The third kappa shape index (κ3) is 22.3. The first-order valence-electron chi connectivity index (χ1n) is 35.3. The van der Waals surface area contributed by atoms with Crippen LogP contribution in [0.15, 0.2) is 127 Å². The molecule has 6 aromatic rings. The van der Waals surface area contributed by atoms with E-state index < -0.39 is 21.2 Å². The number of benzene rings is 6. The number of unbranched alkanes of at least 4 members (excludes halogenated alkanes) is 9. The summed E-state index contributed by atoms with van der Waals surface area (Å²) in [5.74, 6) is 5.29. The van der Waals surface area contributed by atoms with Crippen LogP contribution in [0.25, 0.3) is 21.5 Å². The Kier molecular flexibility index (Phi) is 29.3. The van der Waals surface area contributed by atoms with Gasteiger partial charge >= 0.3 is 214 Å². The third-order valence-corrected chi connectivity index (χ3v) is 21.4. The first-order valence-corrected chi connectivity index (χ1v) is 37.4. The smallest absolute Gasteiger partial charge is 0.494 e. The molecule has 1 saturated heterocycles. The molecule has 0 atom stereocenters. The summed E-state index contributed by atoms with van der Waals surface area (Å²) >= 11 is -0.722. The van der Waals surface area contributed by atoms with Crippen LogP contribution >= 0.6 is 0 Å². The van der Waals surface area contributed by atoms with Gasteiger partial charge in [0.2, 0.25) is 5.90 Å². The van der Waals surface area contributed by atoms with Crippen molar-refractivity contribution in [3.63, 3.8) is 0 Å². The van der Waals surface area contributed by atoms with Crippen LogP contribution < -0.4 is 54.5 Å². The van der Waals surface area contributed by atoms with E-state index in [0.29, 0.717) is 93.0 Å². The monoisotopic (exact) mass is 1400 g/mol. The third-order valence-electron chi connectivity index (χ3n) is 18.7. The van der Waals surface area contributed by atoms with Crippen molar-refractivity contribution >= 4 is 48.6 Å². The fraction of sp³-hybridized carbons (Fsp3) is 0.532. The van der Waals surface area contributed by atoms with Crippen molar-refractivity contribution in [2.75, 3.05) is 84.1 Å². The second kappa shape index (κ2) is 38.4. The molecule has 14 nitrogen and oxygen atoms in total. The molecule has 1 heterocycles. The average molecular weight is 1400 g/mol. The van der Waals surface area contributed by atoms with Crippen molar-refractivity contribution in [2.45, 2.75) is 168 Å². The van der Waals surface area contributed by atoms with Gasteiger partial charge in [-0.15, -0.1) is 0 Å². The first kappa shape index (κ1) is 71.9. The van der Waals surface area contributed by atoms with Crippen LogP contribution in [0.5, 0.6) is 34.5 Å². The molecular weight excluding hydrogens is 1300 g/mol.